The number of hydrogen-bond donors (Lipinski definition) is 1. The molecule has 0 aromatic heterocycles. The summed E-state index contributed by atoms with van der Waals surface area (Å²) in [5.74, 6) is -2.36. The quantitative estimate of drug-likeness (QED) is 0.401. The van der Waals surface area contributed by atoms with Gasteiger partial charge in [0.05, 0.1) is 34.9 Å². The lowest BCUT2D eigenvalue weighted by atomic mass is 9.95. The van der Waals surface area contributed by atoms with Gasteiger partial charge in [0.1, 0.15) is 11.6 Å². The lowest BCUT2D eigenvalue weighted by Crippen LogP contribution is -2.42. The molecule has 9 heteroatoms. The molecule has 2 fully saturated rings. The number of ether oxygens (including phenoxy) is 1. The van der Waals surface area contributed by atoms with Crippen LogP contribution >= 0.6 is 23.2 Å². The van der Waals surface area contributed by atoms with Crippen LogP contribution in [0.3, 0.4) is 0 Å². The Bertz CT molecular complexity index is 1070. The number of hydrogen-bond acceptors (Lipinski definition) is 5. The molecule has 0 saturated carbocycles. The Morgan fingerprint density at radius 2 is 1.72 bits per heavy atom. The van der Waals surface area contributed by atoms with Crippen molar-refractivity contribution in [2.45, 2.75) is 6.04 Å². The summed E-state index contributed by atoms with van der Waals surface area (Å²) in [6.45, 7) is 3.51. The number of aliphatic hydroxyl groups excluding tert-OH is 1. The van der Waals surface area contributed by atoms with Crippen LogP contribution in [0, 0.1) is 5.82 Å². The molecule has 1 N–H and O–H groups in total. The van der Waals surface area contributed by atoms with Gasteiger partial charge in [-0.2, -0.15) is 0 Å². The zero-order chi connectivity index (χ0) is 22.8. The van der Waals surface area contributed by atoms with Crippen molar-refractivity contribution in [3.63, 3.8) is 0 Å². The van der Waals surface area contributed by atoms with Crippen LogP contribution in [0.4, 0.5) is 4.39 Å². The minimum absolute atomic E-state index is 0.0676. The Morgan fingerprint density at radius 1 is 1.03 bits per heavy atom. The Labute approximate surface area is 194 Å². The third-order valence-electron chi connectivity index (χ3n) is 5.68. The van der Waals surface area contributed by atoms with Crippen molar-refractivity contribution in [1.29, 1.82) is 0 Å². The second kappa shape index (κ2) is 9.58. The van der Waals surface area contributed by atoms with Gasteiger partial charge in [0.25, 0.3) is 11.7 Å². The van der Waals surface area contributed by atoms with Gasteiger partial charge in [0.2, 0.25) is 0 Å². The molecule has 4 rings (SSSR count). The molecular weight excluding hydrogens is 458 g/mol. The zero-order valence-electron chi connectivity index (χ0n) is 17.1. The summed E-state index contributed by atoms with van der Waals surface area (Å²) in [6, 6.07) is 9.06. The summed E-state index contributed by atoms with van der Waals surface area (Å²) in [4.78, 5) is 29.6. The topological polar surface area (TPSA) is 70.1 Å². The largest absolute Gasteiger partial charge is 0.507 e. The number of morpholine rings is 1. The molecule has 0 radical (unpaired) electrons. The van der Waals surface area contributed by atoms with Gasteiger partial charge in [0.15, 0.2) is 0 Å². The molecule has 2 aliphatic heterocycles. The van der Waals surface area contributed by atoms with E-state index in [1.54, 1.807) is 18.2 Å². The number of rotatable bonds is 5. The molecular formula is C23H21Cl2FN2O4. The van der Waals surface area contributed by atoms with E-state index in [1.165, 1.54) is 29.2 Å². The van der Waals surface area contributed by atoms with E-state index in [9.17, 15) is 19.1 Å². The number of nitrogens with zero attached hydrogens (tertiary/aromatic N) is 2. The van der Waals surface area contributed by atoms with E-state index in [1.807, 2.05) is 0 Å². The molecule has 0 spiro atoms. The van der Waals surface area contributed by atoms with E-state index in [0.717, 1.165) is 13.1 Å². The Balaban J connectivity index is 1.75. The maximum Gasteiger partial charge on any atom is 0.295 e. The van der Waals surface area contributed by atoms with Crippen LogP contribution in [-0.4, -0.2) is 66.0 Å². The van der Waals surface area contributed by atoms with E-state index in [4.69, 9.17) is 27.9 Å². The highest BCUT2D eigenvalue weighted by Crippen LogP contribution is 2.40. The molecule has 1 unspecified atom stereocenters. The number of carbonyl (C=O) groups excluding carboxylic acids is 2. The molecule has 0 aliphatic carbocycles. The van der Waals surface area contributed by atoms with Gasteiger partial charge >= 0.3 is 0 Å². The van der Waals surface area contributed by atoms with Gasteiger partial charge in [-0.05, 0) is 42.0 Å². The Hall–Kier alpha value is -2.45. The first-order chi connectivity index (χ1) is 15.4. The first kappa shape index (κ1) is 22.7. The van der Waals surface area contributed by atoms with Crippen LogP contribution in [0.2, 0.25) is 10.0 Å². The number of carbonyl (C=O) groups is 2. The Morgan fingerprint density at radius 3 is 2.38 bits per heavy atom. The smallest absolute Gasteiger partial charge is 0.295 e. The Kier molecular flexibility index (Phi) is 6.81. The SMILES string of the molecule is O=C1C(=O)N(CCN2CCOCC2)C(c2ccc(Cl)c(Cl)c2)/C1=C(/O)c1ccc(F)cc1. The molecule has 2 saturated heterocycles. The van der Waals surface area contributed by atoms with Crippen LogP contribution < -0.4 is 0 Å². The highest BCUT2D eigenvalue weighted by Gasteiger charge is 2.46. The fourth-order valence-electron chi connectivity index (χ4n) is 3.98. The number of Topliss-reactive ketones (excluding diaryl/α,β-unsaturated/α-hetero) is 1. The molecule has 1 amide bonds. The summed E-state index contributed by atoms with van der Waals surface area (Å²) in [5.41, 5.74) is 0.717. The minimum atomic E-state index is -0.851. The van der Waals surface area contributed by atoms with Gasteiger partial charge in [-0.15, -0.1) is 0 Å². The number of ketones is 1. The van der Waals surface area contributed by atoms with Gasteiger partial charge in [0, 0.05) is 31.7 Å². The normalized spacial score (nSPS) is 21.3. The van der Waals surface area contributed by atoms with E-state index < -0.39 is 23.5 Å². The first-order valence-corrected chi connectivity index (χ1v) is 10.9. The molecule has 1 atom stereocenters. The van der Waals surface area contributed by atoms with Crippen LogP contribution in [-0.2, 0) is 14.3 Å². The summed E-state index contributed by atoms with van der Waals surface area (Å²) >= 11 is 12.3. The second-order valence-corrected chi connectivity index (χ2v) is 8.44. The van der Waals surface area contributed by atoms with Crippen molar-refractivity contribution >= 4 is 40.7 Å². The third kappa shape index (κ3) is 4.52. The molecule has 32 heavy (non-hydrogen) atoms. The molecule has 6 nitrogen and oxygen atoms in total. The molecule has 2 heterocycles. The molecule has 168 valence electrons. The minimum Gasteiger partial charge on any atom is -0.507 e. The van der Waals surface area contributed by atoms with E-state index in [-0.39, 0.29) is 28.5 Å². The number of likely N-dealkylation sites (tertiary alicyclic amines) is 1. The average molecular weight is 479 g/mol. The fourth-order valence-corrected chi connectivity index (χ4v) is 4.28. The number of aliphatic hydroxyl groups is 1. The average Bonchev–Trinajstić information content (AvgIpc) is 3.05. The third-order valence-corrected chi connectivity index (χ3v) is 6.42. The fraction of sp³-hybridized carbons (Fsp3) is 0.304. The van der Waals surface area contributed by atoms with Crippen molar-refractivity contribution in [3.8, 4) is 0 Å². The zero-order valence-corrected chi connectivity index (χ0v) is 18.6. The van der Waals surface area contributed by atoms with Crippen molar-refractivity contribution in [2.24, 2.45) is 0 Å². The maximum atomic E-state index is 13.4. The van der Waals surface area contributed by atoms with Gasteiger partial charge < -0.3 is 14.7 Å². The van der Waals surface area contributed by atoms with E-state index in [0.29, 0.717) is 30.3 Å². The second-order valence-electron chi connectivity index (χ2n) is 7.63. The monoisotopic (exact) mass is 478 g/mol. The number of halogens is 3. The summed E-state index contributed by atoms with van der Waals surface area (Å²) in [5, 5.41) is 11.6. The van der Waals surface area contributed by atoms with Crippen molar-refractivity contribution in [1.82, 2.24) is 9.80 Å². The van der Waals surface area contributed by atoms with E-state index >= 15 is 0 Å². The van der Waals surface area contributed by atoms with E-state index in [2.05, 4.69) is 4.90 Å². The molecule has 2 aromatic carbocycles. The van der Waals surface area contributed by atoms with Crippen molar-refractivity contribution in [2.75, 3.05) is 39.4 Å². The highest BCUT2D eigenvalue weighted by atomic mass is 35.5. The van der Waals surface area contributed by atoms with Crippen LogP contribution in [0.25, 0.3) is 5.76 Å². The lowest BCUT2D eigenvalue weighted by molar-refractivity contribution is -0.140. The van der Waals surface area contributed by atoms with Crippen LogP contribution in [0.5, 0.6) is 0 Å². The van der Waals surface area contributed by atoms with Crippen molar-refractivity contribution in [3.05, 3.63) is 75.0 Å². The first-order valence-electron chi connectivity index (χ1n) is 10.2. The van der Waals surface area contributed by atoms with Crippen LogP contribution in [0.15, 0.2) is 48.0 Å². The number of amides is 1. The van der Waals surface area contributed by atoms with Crippen molar-refractivity contribution < 1.29 is 23.8 Å². The lowest BCUT2D eigenvalue weighted by Gasteiger charge is -2.31. The standard InChI is InChI=1S/C23H21Cl2FN2O4/c24-17-6-3-15(13-18(17)25)20-19(21(29)14-1-4-16(26)5-2-14)22(30)23(31)28(20)8-7-27-9-11-32-12-10-27/h1-6,13,20,29H,7-12H2/b21-19-. The summed E-state index contributed by atoms with van der Waals surface area (Å²) < 4.78 is 18.7. The highest BCUT2D eigenvalue weighted by molar-refractivity contribution is 6.46. The summed E-state index contributed by atoms with van der Waals surface area (Å²) in [6.07, 6.45) is 0. The van der Waals surface area contributed by atoms with Crippen LogP contribution in [0.1, 0.15) is 17.2 Å². The number of benzene rings is 2. The molecule has 2 aromatic rings. The molecule has 0 bridgehead atoms. The maximum absolute atomic E-state index is 13.4. The van der Waals surface area contributed by atoms with Gasteiger partial charge in [-0.25, -0.2) is 4.39 Å². The van der Waals surface area contributed by atoms with Gasteiger partial charge in [-0.1, -0.05) is 29.3 Å². The van der Waals surface area contributed by atoms with Gasteiger partial charge in [-0.3, -0.25) is 14.5 Å². The predicted octanol–water partition coefficient (Wildman–Crippen LogP) is 3.89. The predicted molar refractivity (Wildman–Crippen MR) is 119 cm³/mol. The summed E-state index contributed by atoms with van der Waals surface area (Å²) in [7, 11) is 0. The molecule has 2 aliphatic rings.